The third-order valence-electron chi connectivity index (χ3n) is 12.6. The van der Waals surface area contributed by atoms with Gasteiger partial charge >= 0.3 is 0 Å². The van der Waals surface area contributed by atoms with E-state index in [-0.39, 0.29) is 0 Å². The molecule has 0 aliphatic carbocycles. The lowest BCUT2D eigenvalue weighted by Crippen LogP contribution is -1.96. The molecule has 0 spiro atoms. The Balaban J connectivity index is 1.13. The molecule has 14 rings (SSSR count). The van der Waals surface area contributed by atoms with Gasteiger partial charge in [0.2, 0.25) is 0 Å². The molecular weight excluding hydrogens is 739 g/mol. The van der Waals surface area contributed by atoms with Gasteiger partial charge in [0.05, 0.1) is 33.1 Å². The van der Waals surface area contributed by atoms with E-state index in [1.54, 1.807) is 0 Å². The fraction of sp³-hybridized carbons (Fsp3) is 0. The van der Waals surface area contributed by atoms with E-state index in [0.29, 0.717) is 0 Å². The van der Waals surface area contributed by atoms with Crippen LogP contribution >= 0.6 is 11.3 Å². The zero-order valence-corrected chi connectivity index (χ0v) is 32.4. The molecule has 0 N–H and O–H groups in total. The quantitative estimate of drug-likeness (QED) is 0.176. The summed E-state index contributed by atoms with van der Waals surface area (Å²) >= 11 is 1.86. The van der Waals surface area contributed by atoms with Crippen LogP contribution in [0.3, 0.4) is 0 Å². The maximum Gasteiger partial charge on any atom is 0.135 e. The van der Waals surface area contributed by atoms with Crippen molar-refractivity contribution >= 4 is 119 Å². The Bertz CT molecular complexity index is 3830. The first-order valence-corrected chi connectivity index (χ1v) is 20.9. The normalized spacial score (nSPS) is 12.4. The number of para-hydroxylation sites is 4. The summed E-state index contributed by atoms with van der Waals surface area (Å²) < 4.78 is 16.4. The minimum Gasteiger partial charge on any atom is -0.456 e. The highest BCUT2D eigenvalue weighted by molar-refractivity contribution is 7.25. The van der Waals surface area contributed by atoms with Crippen molar-refractivity contribution in [3.63, 3.8) is 0 Å². The number of hydrogen-bond donors (Lipinski definition) is 0. The molecule has 0 aliphatic heterocycles. The van der Waals surface area contributed by atoms with Crippen LogP contribution in [0.1, 0.15) is 0 Å². The molecule has 0 aliphatic rings. The van der Waals surface area contributed by atoms with Crippen molar-refractivity contribution in [3.05, 3.63) is 188 Å². The Hall–Kier alpha value is -7.60. The zero-order valence-electron chi connectivity index (χ0n) is 31.6. The minimum atomic E-state index is 0.897. The van der Waals surface area contributed by atoms with E-state index in [2.05, 4.69) is 190 Å². The number of nitrogens with zero attached hydrogens (tertiary/aromatic N) is 3. The van der Waals surface area contributed by atoms with E-state index in [9.17, 15) is 0 Å². The number of furan rings is 1. The Morgan fingerprint density at radius 2 is 0.831 bits per heavy atom. The molecule has 9 aromatic carbocycles. The van der Waals surface area contributed by atoms with Crippen LogP contribution in [0, 0.1) is 0 Å². The number of hydrogen-bond acceptors (Lipinski definition) is 2. The first-order valence-electron chi connectivity index (χ1n) is 20.1. The fourth-order valence-corrected chi connectivity index (χ4v) is 11.3. The molecule has 0 fully saturated rings. The highest BCUT2D eigenvalue weighted by atomic mass is 32.1. The van der Waals surface area contributed by atoms with Crippen LogP contribution < -0.4 is 0 Å². The van der Waals surface area contributed by atoms with E-state index in [1.807, 2.05) is 23.5 Å². The van der Waals surface area contributed by atoms with E-state index < -0.39 is 0 Å². The summed E-state index contributed by atoms with van der Waals surface area (Å²) in [4.78, 5) is 0. The lowest BCUT2D eigenvalue weighted by atomic mass is 10.1. The maximum absolute atomic E-state index is 6.27. The average Bonchev–Trinajstić information content (AvgIpc) is 4.09. The highest BCUT2D eigenvalue weighted by Gasteiger charge is 2.25. The zero-order chi connectivity index (χ0) is 38.3. The molecule has 274 valence electrons. The van der Waals surface area contributed by atoms with Crippen LogP contribution in [0.4, 0.5) is 0 Å². The summed E-state index contributed by atoms with van der Waals surface area (Å²) in [5.41, 5.74) is 12.4. The topological polar surface area (TPSA) is 27.9 Å². The molecule has 0 amide bonds. The van der Waals surface area contributed by atoms with Gasteiger partial charge in [-0.1, -0.05) is 103 Å². The van der Waals surface area contributed by atoms with E-state index in [1.165, 1.54) is 91.3 Å². The van der Waals surface area contributed by atoms with Crippen LogP contribution in [0.25, 0.3) is 125 Å². The number of fused-ring (bicyclic) bond motifs is 17. The molecule has 0 saturated carbocycles. The third kappa shape index (κ3) is 4.16. The maximum atomic E-state index is 6.27. The number of thiophene rings is 1. The van der Waals surface area contributed by atoms with Gasteiger partial charge in [-0.25, -0.2) is 0 Å². The van der Waals surface area contributed by atoms with Crippen molar-refractivity contribution in [1.29, 1.82) is 0 Å². The first kappa shape index (κ1) is 31.5. The molecular formula is C54H31N3OS. The summed E-state index contributed by atoms with van der Waals surface area (Å²) in [7, 11) is 0. The summed E-state index contributed by atoms with van der Waals surface area (Å²) in [5, 5.41) is 12.3. The van der Waals surface area contributed by atoms with Gasteiger partial charge in [0.25, 0.3) is 0 Å². The predicted molar refractivity (Wildman–Crippen MR) is 250 cm³/mol. The van der Waals surface area contributed by atoms with Crippen LogP contribution in [-0.4, -0.2) is 13.7 Å². The Kier molecular flexibility index (Phi) is 6.14. The molecule has 5 aromatic heterocycles. The number of benzene rings is 9. The standard InChI is InChI=1S/C54H31N3OS/c1-2-12-32(13-3-1)57-53-37(24-26-45-51(53)39-16-4-8-18-43(39)55(45)33-22-28-48-41(30-33)35-14-6-10-20-47(35)58-48)38-25-27-46-52(54(38)57)40-17-5-9-19-44(40)56(46)34-23-29-50-42(31-34)36-15-7-11-21-49(36)59-50/h1-31H. The van der Waals surface area contributed by atoms with Crippen LogP contribution in [0.2, 0.25) is 0 Å². The van der Waals surface area contributed by atoms with E-state index in [4.69, 9.17) is 4.42 Å². The second kappa shape index (κ2) is 11.5. The van der Waals surface area contributed by atoms with Crippen LogP contribution in [0.15, 0.2) is 192 Å². The first-order chi connectivity index (χ1) is 29.3. The summed E-state index contributed by atoms with van der Waals surface area (Å²) in [6.07, 6.45) is 0. The Morgan fingerprint density at radius 3 is 1.53 bits per heavy atom. The van der Waals surface area contributed by atoms with Gasteiger partial charge < -0.3 is 18.1 Å². The second-order valence-corrected chi connectivity index (χ2v) is 16.7. The molecule has 5 heterocycles. The summed E-state index contributed by atoms with van der Waals surface area (Å²) in [5.74, 6) is 0. The van der Waals surface area contributed by atoms with Gasteiger partial charge in [-0.2, -0.15) is 0 Å². The SMILES string of the molecule is c1ccc(-n2c3c(ccc4c3c3ccccc3n4-c3ccc4oc5ccccc5c4c3)c3ccc4c(c5ccccc5n4-c4ccc5sc6ccccc6c5c4)c32)cc1. The smallest absolute Gasteiger partial charge is 0.135 e. The molecule has 0 saturated heterocycles. The Morgan fingerprint density at radius 1 is 0.305 bits per heavy atom. The van der Waals surface area contributed by atoms with Crippen molar-refractivity contribution in [2.45, 2.75) is 0 Å². The van der Waals surface area contributed by atoms with Crippen molar-refractivity contribution in [3.8, 4) is 17.1 Å². The van der Waals surface area contributed by atoms with Gasteiger partial charge in [-0.3, -0.25) is 0 Å². The molecule has 14 aromatic rings. The van der Waals surface area contributed by atoms with Crippen LogP contribution in [-0.2, 0) is 0 Å². The largest absolute Gasteiger partial charge is 0.456 e. The predicted octanol–water partition coefficient (Wildman–Crippen LogP) is 15.2. The van der Waals surface area contributed by atoms with E-state index >= 15 is 0 Å². The summed E-state index contributed by atoms with van der Waals surface area (Å²) in [6, 6.07) is 68.8. The van der Waals surface area contributed by atoms with Crippen molar-refractivity contribution in [2.75, 3.05) is 0 Å². The Labute approximate surface area is 340 Å². The van der Waals surface area contributed by atoms with E-state index in [0.717, 1.165) is 33.3 Å². The monoisotopic (exact) mass is 769 g/mol. The molecule has 0 radical (unpaired) electrons. The van der Waals surface area contributed by atoms with Crippen molar-refractivity contribution in [2.24, 2.45) is 0 Å². The molecule has 5 heteroatoms. The lowest BCUT2D eigenvalue weighted by molar-refractivity contribution is 0.669. The molecule has 0 unspecified atom stereocenters. The average molecular weight is 770 g/mol. The van der Waals surface area contributed by atoms with Gasteiger partial charge in [0, 0.05) is 80.3 Å². The van der Waals surface area contributed by atoms with Crippen molar-refractivity contribution < 1.29 is 4.42 Å². The molecule has 0 atom stereocenters. The molecule has 0 bridgehead atoms. The number of rotatable bonds is 3. The minimum absolute atomic E-state index is 0.897. The fourth-order valence-electron chi connectivity index (χ4n) is 10.2. The highest BCUT2D eigenvalue weighted by Crippen LogP contribution is 2.47. The van der Waals surface area contributed by atoms with Gasteiger partial charge in [-0.05, 0) is 84.9 Å². The van der Waals surface area contributed by atoms with Gasteiger partial charge in [-0.15, -0.1) is 11.3 Å². The molecule has 59 heavy (non-hydrogen) atoms. The van der Waals surface area contributed by atoms with Gasteiger partial charge in [0.1, 0.15) is 11.2 Å². The van der Waals surface area contributed by atoms with Gasteiger partial charge in [0.15, 0.2) is 0 Å². The molecule has 4 nitrogen and oxygen atoms in total. The lowest BCUT2D eigenvalue weighted by Gasteiger charge is -2.11. The summed E-state index contributed by atoms with van der Waals surface area (Å²) in [6.45, 7) is 0. The van der Waals surface area contributed by atoms with Crippen LogP contribution in [0.5, 0.6) is 0 Å². The second-order valence-electron chi connectivity index (χ2n) is 15.6. The third-order valence-corrected chi connectivity index (χ3v) is 13.8. The van der Waals surface area contributed by atoms with Crippen molar-refractivity contribution in [1.82, 2.24) is 13.7 Å². The number of aromatic nitrogens is 3.